The van der Waals surface area contributed by atoms with Crippen molar-refractivity contribution in [2.24, 2.45) is 5.73 Å². The minimum atomic E-state index is 0.0489. The van der Waals surface area contributed by atoms with Crippen molar-refractivity contribution in [3.8, 4) is 11.1 Å². The Kier molecular flexibility index (Phi) is 2.50. The number of rotatable bonds is 2. The maximum absolute atomic E-state index is 7.34. The van der Waals surface area contributed by atoms with Gasteiger partial charge in [0.1, 0.15) is 5.84 Å². The largest absolute Gasteiger partial charge is 0.384 e. The van der Waals surface area contributed by atoms with Crippen LogP contribution in [0.3, 0.4) is 0 Å². The Morgan fingerprint density at radius 3 is 2.47 bits per heavy atom. The predicted octanol–water partition coefficient (Wildman–Crippen LogP) is 2.44. The number of hydrogen-bond donors (Lipinski definition) is 2. The first-order chi connectivity index (χ1) is 7.27. The lowest BCUT2D eigenvalue weighted by Gasteiger charge is -2.03. The summed E-state index contributed by atoms with van der Waals surface area (Å²) in [7, 11) is 0. The Bertz CT molecular complexity index is 475. The van der Waals surface area contributed by atoms with Crippen molar-refractivity contribution >= 4 is 5.84 Å². The van der Waals surface area contributed by atoms with Gasteiger partial charge in [-0.15, -0.1) is 0 Å². The second kappa shape index (κ2) is 3.96. The van der Waals surface area contributed by atoms with E-state index in [4.69, 9.17) is 11.1 Å². The van der Waals surface area contributed by atoms with E-state index < -0.39 is 0 Å². The van der Waals surface area contributed by atoms with Crippen LogP contribution >= 0.6 is 0 Å². The lowest BCUT2D eigenvalue weighted by atomic mass is 10.0. The summed E-state index contributed by atoms with van der Waals surface area (Å²) in [5, 5.41) is 7.34. The van der Waals surface area contributed by atoms with Crippen LogP contribution in [0.15, 0.2) is 48.5 Å². The Labute approximate surface area is 88.9 Å². The Balaban J connectivity index is 2.46. The first kappa shape index (κ1) is 9.46. The quantitative estimate of drug-likeness (QED) is 0.561. The summed E-state index contributed by atoms with van der Waals surface area (Å²) in [6.45, 7) is 0. The summed E-state index contributed by atoms with van der Waals surface area (Å²) < 4.78 is 0. The Morgan fingerprint density at radius 2 is 1.80 bits per heavy atom. The molecule has 0 unspecified atom stereocenters. The molecule has 0 amide bonds. The third-order valence-corrected chi connectivity index (χ3v) is 2.20. The van der Waals surface area contributed by atoms with E-state index >= 15 is 0 Å². The summed E-state index contributed by atoms with van der Waals surface area (Å²) >= 11 is 0. The molecule has 2 aromatic carbocycles. The molecule has 0 bridgehead atoms. The van der Waals surface area contributed by atoms with E-state index in [1.54, 1.807) is 6.07 Å². The van der Waals surface area contributed by atoms with Crippen molar-refractivity contribution in [2.45, 2.75) is 0 Å². The highest BCUT2D eigenvalue weighted by Crippen LogP contribution is 2.19. The van der Waals surface area contributed by atoms with Crippen molar-refractivity contribution in [1.82, 2.24) is 0 Å². The molecule has 0 heterocycles. The highest BCUT2D eigenvalue weighted by molar-refractivity contribution is 5.95. The van der Waals surface area contributed by atoms with Crippen LogP contribution in [0, 0.1) is 11.5 Å². The van der Waals surface area contributed by atoms with Gasteiger partial charge in [0.25, 0.3) is 0 Å². The van der Waals surface area contributed by atoms with Gasteiger partial charge in [-0.05, 0) is 23.3 Å². The van der Waals surface area contributed by atoms with Gasteiger partial charge < -0.3 is 5.73 Å². The van der Waals surface area contributed by atoms with Crippen LogP contribution in [0.25, 0.3) is 11.1 Å². The molecule has 0 saturated carbocycles. The molecule has 2 nitrogen and oxygen atoms in total. The average molecular weight is 195 g/mol. The monoisotopic (exact) mass is 195 g/mol. The van der Waals surface area contributed by atoms with Crippen LogP contribution in [0.5, 0.6) is 0 Å². The standard InChI is InChI=1S/C13H11N2/c14-13(15)12-8-4-7-11(9-12)10-5-2-1-3-6-10/h1-7,9H,(H3,14,15). The Hall–Kier alpha value is -2.09. The number of benzene rings is 2. The Morgan fingerprint density at radius 1 is 1.07 bits per heavy atom. The van der Waals surface area contributed by atoms with Gasteiger partial charge >= 0.3 is 0 Å². The molecule has 73 valence electrons. The summed E-state index contributed by atoms with van der Waals surface area (Å²) in [4.78, 5) is 0. The zero-order chi connectivity index (χ0) is 10.7. The van der Waals surface area contributed by atoms with E-state index in [1.807, 2.05) is 42.5 Å². The van der Waals surface area contributed by atoms with E-state index in [0.29, 0.717) is 5.56 Å². The van der Waals surface area contributed by atoms with Crippen molar-refractivity contribution in [3.63, 3.8) is 0 Å². The van der Waals surface area contributed by atoms with Gasteiger partial charge in [-0.2, -0.15) is 0 Å². The average Bonchev–Trinajstić information content (AvgIpc) is 2.30. The highest BCUT2D eigenvalue weighted by Gasteiger charge is 2.00. The number of nitrogen functional groups attached to an aromatic ring is 1. The maximum Gasteiger partial charge on any atom is 0.123 e. The van der Waals surface area contributed by atoms with Crippen LogP contribution in [-0.2, 0) is 0 Å². The normalized spacial score (nSPS) is 9.87. The van der Waals surface area contributed by atoms with E-state index in [-0.39, 0.29) is 5.84 Å². The van der Waals surface area contributed by atoms with E-state index in [2.05, 4.69) is 6.07 Å². The molecule has 0 aromatic heterocycles. The van der Waals surface area contributed by atoms with Gasteiger partial charge in [0, 0.05) is 5.56 Å². The smallest absolute Gasteiger partial charge is 0.123 e. The number of nitrogens with one attached hydrogen (secondary N) is 1. The van der Waals surface area contributed by atoms with E-state index in [1.165, 1.54) is 0 Å². The molecule has 1 radical (unpaired) electrons. The van der Waals surface area contributed by atoms with Crippen molar-refractivity contribution in [1.29, 1.82) is 5.41 Å². The molecule has 2 rings (SSSR count). The van der Waals surface area contributed by atoms with Crippen LogP contribution < -0.4 is 5.73 Å². The summed E-state index contributed by atoms with van der Waals surface area (Å²) in [6, 6.07) is 18.6. The third kappa shape index (κ3) is 2.05. The lowest BCUT2D eigenvalue weighted by Crippen LogP contribution is -2.10. The number of nitrogens with two attached hydrogens (primary N) is 1. The van der Waals surface area contributed by atoms with Crippen LogP contribution in [0.4, 0.5) is 0 Å². The lowest BCUT2D eigenvalue weighted by molar-refractivity contribution is 1.42. The zero-order valence-electron chi connectivity index (χ0n) is 8.20. The van der Waals surface area contributed by atoms with Crippen LogP contribution in [0.2, 0.25) is 0 Å². The van der Waals surface area contributed by atoms with Gasteiger partial charge in [-0.25, -0.2) is 0 Å². The summed E-state index contributed by atoms with van der Waals surface area (Å²) in [5.74, 6) is 0.0489. The number of hydrogen-bond acceptors (Lipinski definition) is 1. The minimum absolute atomic E-state index is 0.0489. The fourth-order valence-electron chi connectivity index (χ4n) is 1.43. The van der Waals surface area contributed by atoms with Gasteiger partial charge in [-0.1, -0.05) is 42.5 Å². The minimum Gasteiger partial charge on any atom is -0.384 e. The molecule has 2 heteroatoms. The molecule has 2 aromatic rings. The third-order valence-electron chi connectivity index (χ3n) is 2.20. The summed E-state index contributed by atoms with van der Waals surface area (Å²) in [6.07, 6.45) is 0. The maximum atomic E-state index is 7.34. The van der Waals surface area contributed by atoms with Crippen molar-refractivity contribution in [2.75, 3.05) is 0 Å². The highest BCUT2D eigenvalue weighted by atomic mass is 14.7. The molecule has 3 N–H and O–H groups in total. The van der Waals surface area contributed by atoms with Crippen LogP contribution in [0.1, 0.15) is 5.56 Å². The van der Waals surface area contributed by atoms with Crippen LogP contribution in [-0.4, -0.2) is 5.84 Å². The molecule has 0 aliphatic carbocycles. The molecule has 0 spiro atoms. The van der Waals surface area contributed by atoms with Gasteiger partial charge in [0.15, 0.2) is 0 Å². The topological polar surface area (TPSA) is 49.9 Å². The molecule has 0 aliphatic rings. The number of amidine groups is 1. The van der Waals surface area contributed by atoms with Gasteiger partial charge in [0.05, 0.1) is 0 Å². The molecule has 0 atom stereocenters. The second-order valence-corrected chi connectivity index (χ2v) is 3.27. The zero-order valence-corrected chi connectivity index (χ0v) is 8.20. The molecular weight excluding hydrogens is 184 g/mol. The SMILES string of the molecule is N=C(N)c1[c]ccc(-c2ccccc2)c1. The first-order valence-corrected chi connectivity index (χ1v) is 4.69. The fraction of sp³-hybridized carbons (Fsp3) is 0. The van der Waals surface area contributed by atoms with Gasteiger partial charge in [-0.3, -0.25) is 5.41 Å². The molecule has 15 heavy (non-hydrogen) atoms. The van der Waals surface area contributed by atoms with Gasteiger partial charge in [0.2, 0.25) is 0 Å². The second-order valence-electron chi connectivity index (χ2n) is 3.27. The summed E-state index contributed by atoms with van der Waals surface area (Å²) in [5.41, 5.74) is 8.22. The fourth-order valence-corrected chi connectivity index (χ4v) is 1.43. The predicted molar refractivity (Wildman–Crippen MR) is 61.7 cm³/mol. The van der Waals surface area contributed by atoms with Crippen molar-refractivity contribution < 1.29 is 0 Å². The molecule has 0 saturated heterocycles. The first-order valence-electron chi connectivity index (χ1n) is 4.69. The molecular formula is C13H11N2. The van der Waals surface area contributed by atoms with Crippen molar-refractivity contribution in [3.05, 3.63) is 60.2 Å². The molecule has 0 aliphatic heterocycles. The molecule has 0 fully saturated rings. The van der Waals surface area contributed by atoms with E-state index in [9.17, 15) is 0 Å². The van der Waals surface area contributed by atoms with E-state index in [0.717, 1.165) is 11.1 Å².